The number of carbonyl (C=O) groups is 1. The van der Waals surface area contributed by atoms with Crippen LogP contribution in [0.5, 0.6) is 17.2 Å². The predicted molar refractivity (Wildman–Crippen MR) is 126 cm³/mol. The third-order valence-electron chi connectivity index (χ3n) is 5.01. The molecular weight excluding hydrogens is 404 g/mol. The van der Waals surface area contributed by atoms with Crippen molar-refractivity contribution in [2.45, 2.75) is 6.92 Å². The molecule has 0 atom stereocenters. The second-order valence-electron chi connectivity index (χ2n) is 7.09. The Labute approximate surface area is 186 Å². The lowest BCUT2D eigenvalue weighted by atomic mass is 10.1. The van der Waals surface area contributed by atoms with E-state index in [2.05, 4.69) is 5.32 Å². The van der Waals surface area contributed by atoms with Crippen LogP contribution in [-0.2, 0) is 0 Å². The lowest BCUT2D eigenvalue weighted by molar-refractivity contribution is 0.102. The van der Waals surface area contributed by atoms with Gasteiger partial charge in [0, 0.05) is 46.5 Å². The predicted octanol–water partition coefficient (Wildman–Crippen LogP) is 5.57. The van der Waals surface area contributed by atoms with Crippen LogP contribution < -0.4 is 19.5 Å². The van der Waals surface area contributed by atoms with Gasteiger partial charge in [0.1, 0.15) is 17.2 Å². The number of anilines is 1. The van der Waals surface area contributed by atoms with Crippen molar-refractivity contribution in [2.75, 3.05) is 26.1 Å². The molecule has 162 valence electrons. The van der Waals surface area contributed by atoms with Crippen molar-refractivity contribution in [2.24, 2.45) is 0 Å². The molecule has 4 aromatic rings. The average Bonchev–Trinajstić information content (AvgIpc) is 2.84. The van der Waals surface area contributed by atoms with Gasteiger partial charge in [-0.15, -0.1) is 0 Å². The van der Waals surface area contributed by atoms with Crippen molar-refractivity contribution in [3.63, 3.8) is 0 Å². The standard InChI is InChI=1S/C26H24N2O4/c1-4-32-25-16-24(17-8-6-5-7-9-17)28-23-11-10-18(12-22(23)25)26(29)27-19-13-20(30-2)15-21(14-19)31-3/h5-16H,4H2,1-3H3,(H,27,29). The Morgan fingerprint density at radius 1 is 0.906 bits per heavy atom. The van der Waals surface area contributed by atoms with Crippen molar-refractivity contribution < 1.29 is 19.0 Å². The average molecular weight is 428 g/mol. The van der Waals surface area contributed by atoms with E-state index in [1.165, 1.54) is 0 Å². The van der Waals surface area contributed by atoms with Crippen LogP contribution in [-0.4, -0.2) is 31.7 Å². The number of methoxy groups -OCH3 is 2. The summed E-state index contributed by atoms with van der Waals surface area (Å²) in [5.41, 5.74) is 3.66. The molecule has 1 N–H and O–H groups in total. The molecule has 0 aliphatic heterocycles. The fourth-order valence-electron chi connectivity index (χ4n) is 3.45. The number of aromatic nitrogens is 1. The molecule has 6 nitrogen and oxygen atoms in total. The molecule has 0 aliphatic carbocycles. The highest BCUT2D eigenvalue weighted by Gasteiger charge is 2.14. The van der Waals surface area contributed by atoms with E-state index in [0.29, 0.717) is 35.1 Å². The highest BCUT2D eigenvalue weighted by Crippen LogP contribution is 2.31. The first-order valence-corrected chi connectivity index (χ1v) is 10.3. The molecule has 1 amide bonds. The smallest absolute Gasteiger partial charge is 0.255 e. The molecule has 0 bridgehead atoms. The maximum atomic E-state index is 13.0. The fraction of sp³-hybridized carbons (Fsp3) is 0.154. The lowest BCUT2D eigenvalue weighted by Gasteiger charge is -2.13. The second-order valence-corrected chi connectivity index (χ2v) is 7.09. The molecule has 4 rings (SSSR count). The van der Waals surface area contributed by atoms with Gasteiger partial charge in [0.05, 0.1) is 32.0 Å². The van der Waals surface area contributed by atoms with Crippen LogP contribution in [0.2, 0.25) is 0 Å². The van der Waals surface area contributed by atoms with E-state index in [1.54, 1.807) is 44.6 Å². The van der Waals surface area contributed by atoms with Crippen molar-refractivity contribution >= 4 is 22.5 Å². The molecule has 1 aromatic heterocycles. The number of hydrogen-bond acceptors (Lipinski definition) is 5. The Morgan fingerprint density at radius 2 is 1.62 bits per heavy atom. The molecule has 0 unspecified atom stereocenters. The van der Waals surface area contributed by atoms with Crippen molar-refractivity contribution in [3.05, 3.63) is 78.4 Å². The van der Waals surface area contributed by atoms with Crippen LogP contribution >= 0.6 is 0 Å². The maximum Gasteiger partial charge on any atom is 0.255 e. The number of ether oxygens (including phenoxy) is 3. The van der Waals surface area contributed by atoms with Crippen LogP contribution in [0.3, 0.4) is 0 Å². The number of rotatable bonds is 7. The lowest BCUT2D eigenvalue weighted by Crippen LogP contribution is -2.12. The minimum atomic E-state index is -0.253. The number of amides is 1. The van der Waals surface area contributed by atoms with Gasteiger partial charge in [0.25, 0.3) is 5.91 Å². The summed E-state index contributed by atoms with van der Waals surface area (Å²) in [7, 11) is 3.13. The summed E-state index contributed by atoms with van der Waals surface area (Å²) in [6, 6.07) is 22.5. The number of hydrogen-bond donors (Lipinski definition) is 1. The van der Waals surface area contributed by atoms with Crippen molar-refractivity contribution in [1.82, 2.24) is 4.98 Å². The van der Waals surface area contributed by atoms with E-state index >= 15 is 0 Å². The molecule has 0 saturated carbocycles. The Balaban J connectivity index is 1.70. The first-order valence-electron chi connectivity index (χ1n) is 10.3. The van der Waals surface area contributed by atoms with Crippen LogP contribution in [0.1, 0.15) is 17.3 Å². The topological polar surface area (TPSA) is 69.7 Å². The number of nitrogens with zero attached hydrogens (tertiary/aromatic N) is 1. The molecule has 0 fully saturated rings. The van der Waals surface area contributed by atoms with Crippen LogP contribution in [0, 0.1) is 0 Å². The minimum absolute atomic E-state index is 0.253. The Morgan fingerprint density at radius 3 is 2.28 bits per heavy atom. The van der Waals surface area contributed by atoms with Gasteiger partial charge in [-0.1, -0.05) is 30.3 Å². The van der Waals surface area contributed by atoms with Gasteiger partial charge in [-0.05, 0) is 25.1 Å². The summed E-state index contributed by atoms with van der Waals surface area (Å²) >= 11 is 0. The van der Waals surface area contributed by atoms with E-state index in [-0.39, 0.29) is 5.91 Å². The highest BCUT2D eigenvalue weighted by atomic mass is 16.5. The van der Waals surface area contributed by atoms with Gasteiger partial charge in [0.15, 0.2) is 0 Å². The van der Waals surface area contributed by atoms with Gasteiger partial charge < -0.3 is 19.5 Å². The van der Waals surface area contributed by atoms with E-state index in [9.17, 15) is 4.79 Å². The summed E-state index contributed by atoms with van der Waals surface area (Å²) in [4.78, 5) is 17.7. The van der Waals surface area contributed by atoms with E-state index in [4.69, 9.17) is 19.2 Å². The zero-order valence-corrected chi connectivity index (χ0v) is 18.2. The Hall–Kier alpha value is -4.06. The van der Waals surface area contributed by atoms with Gasteiger partial charge in [0.2, 0.25) is 0 Å². The van der Waals surface area contributed by atoms with Gasteiger partial charge in [-0.2, -0.15) is 0 Å². The largest absolute Gasteiger partial charge is 0.497 e. The van der Waals surface area contributed by atoms with Gasteiger partial charge in [-0.3, -0.25) is 4.79 Å². The summed E-state index contributed by atoms with van der Waals surface area (Å²) < 4.78 is 16.4. The minimum Gasteiger partial charge on any atom is -0.497 e. The number of benzene rings is 3. The molecule has 1 heterocycles. The summed E-state index contributed by atoms with van der Waals surface area (Å²) in [6.45, 7) is 2.44. The molecule has 0 aliphatic rings. The second kappa shape index (κ2) is 9.39. The van der Waals surface area contributed by atoms with Crippen molar-refractivity contribution in [3.8, 4) is 28.5 Å². The van der Waals surface area contributed by atoms with E-state index < -0.39 is 0 Å². The monoisotopic (exact) mass is 428 g/mol. The first-order chi connectivity index (χ1) is 15.6. The van der Waals surface area contributed by atoms with Crippen LogP contribution in [0.15, 0.2) is 72.8 Å². The van der Waals surface area contributed by atoms with E-state index in [1.807, 2.05) is 49.4 Å². The fourth-order valence-corrected chi connectivity index (χ4v) is 3.45. The summed E-state index contributed by atoms with van der Waals surface area (Å²) in [6.07, 6.45) is 0. The van der Waals surface area contributed by atoms with Crippen molar-refractivity contribution in [1.29, 1.82) is 0 Å². The first kappa shape index (κ1) is 21.2. The quantitative estimate of drug-likeness (QED) is 0.417. The third kappa shape index (κ3) is 4.49. The molecule has 0 saturated heterocycles. The highest BCUT2D eigenvalue weighted by molar-refractivity contribution is 6.07. The molecular formula is C26H24N2O4. The van der Waals surface area contributed by atoms with Gasteiger partial charge >= 0.3 is 0 Å². The number of nitrogens with one attached hydrogen (secondary N) is 1. The normalized spacial score (nSPS) is 10.6. The van der Waals surface area contributed by atoms with E-state index in [0.717, 1.165) is 22.2 Å². The molecule has 32 heavy (non-hydrogen) atoms. The summed E-state index contributed by atoms with van der Waals surface area (Å²) in [5, 5.41) is 3.68. The van der Waals surface area contributed by atoms with Gasteiger partial charge in [-0.25, -0.2) is 4.98 Å². The SMILES string of the molecule is CCOc1cc(-c2ccccc2)nc2ccc(C(=O)Nc3cc(OC)cc(OC)c3)cc12. The summed E-state index contributed by atoms with van der Waals surface area (Å²) in [5.74, 6) is 1.62. The number of pyridine rings is 1. The third-order valence-corrected chi connectivity index (χ3v) is 5.01. The van der Waals surface area contributed by atoms with Crippen LogP contribution in [0.4, 0.5) is 5.69 Å². The number of carbonyl (C=O) groups excluding carboxylic acids is 1. The molecule has 0 spiro atoms. The zero-order chi connectivity index (χ0) is 22.5. The number of fused-ring (bicyclic) bond motifs is 1. The molecule has 3 aromatic carbocycles. The zero-order valence-electron chi connectivity index (χ0n) is 18.2. The Kier molecular flexibility index (Phi) is 6.22. The Bertz CT molecular complexity index is 1230. The molecule has 0 radical (unpaired) electrons. The molecule has 6 heteroatoms. The van der Waals surface area contributed by atoms with Crippen LogP contribution in [0.25, 0.3) is 22.2 Å². The maximum absolute atomic E-state index is 13.0.